The Kier molecular flexibility index (Phi) is 6.55. The van der Waals surface area contributed by atoms with Crippen LogP contribution in [0, 0.1) is 6.92 Å². The maximum Gasteiger partial charge on any atom is 0.193 e. The molecule has 0 saturated heterocycles. The molecular weight excluding hydrogens is 394 g/mol. The van der Waals surface area contributed by atoms with Crippen LogP contribution in [0.3, 0.4) is 0 Å². The quantitative estimate of drug-likeness (QED) is 0.292. The minimum Gasteiger partial charge on any atom is -0.489 e. The first-order valence-corrected chi connectivity index (χ1v) is 11.2. The normalized spacial score (nSPS) is 10.8. The largest absolute Gasteiger partial charge is 0.489 e. The van der Waals surface area contributed by atoms with Gasteiger partial charge in [0.05, 0.1) is 0 Å². The van der Waals surface area contributed by atoms with Gasteiger partial charge in [-0.15, -0.1) is 0 Å². The van der Waals surface area contributed by atoms with Crippen LogP contribution >= 0.6 is 0 Å². The first-order chi connectivity index (χ1) is 15.6. The molecule has 0 atom stereocenters. The molecule has 4 rings (SSSR count). The highest BCUT2D eigenvalue weighted by Gasteiger charge is 2.11. The van der Waals surface area contributed by atoms with E-state index in [0.29, 0.717) is 17.7 Å². The van der Waals surface area contributed by atoms with E-state index in [-0.39, 0.29) is 5.78 Å². The van der Waals surface area contributed by atoms with Crippen LogP contribution in [0.15, 0.2) is 84.9 Å². The number of ether oxygens (including phenoxy) is 1. The zero-order valence-electron chi connectivity index (χ0n) is 19.0. The van der Waals surface area contributed by atoms with Crippen molar-refractivity contribution in [3.63, 3.8) is 0 Å². The van der Waals surface area contributed by atoms with Crippen LogP contribution in [-0.2, 0) is 6.61 Å². The van der Waals surface area contributed by atoms with E-state index in [0.717, 1.165) is 35.7 Å². The van der Waals surface area contributed by atoms with Gasteiger partial charge in [0.1, 0.15) is 12.4 Å². The monoisotopic (exact) mass is 423 g/mol. The predicted octanol–water partition coefficient (Wildman–Crippen LogP) is 6.80. The number of benzene rings is 4. The number of aryl methyl sites for hydroxylation is 1. The van der Waals surface area contributed by atoms with Crippen molar-refractivity contribution in [1.29, 1.82) is 0 Å². The molecule has 32 heavy (non-hydrogen) atoms. The molecule has 4 aromatic rings. The van der Waals surface area contributed by atoms with Crippen molar-refractivity contribution in [2.24, 2.45) is 0 Å². The smallest absolute Gasteiger partial charge is 0.193 e. The van der Waals surface area contributed by atoms with E-state index in [4.69, 9.17) is 4.74 Å². The standard InChI is InChI=1S/C29H29NO2/c1-4-30(5-2)26-17-14-25(15-18-26)29(31)24-12-10-22(11-13-24)20-32-28-19-16-23-8-6-7-9-27(23)21(28)3/h6-19H,4-5,20H2,1-3H3. The van der Waals surface area contributed by atoms with Crippen LogP contribution in [0.25, 0.3) is 10.8 Å². The average Bonchev–Trinajstić information content (AvgIpc) is 2.85. The second-order valence-corrected chi connectivity index (χ2v) is 7.94. The van der Waals surface area contributed by atoms with Crippen LogP contribution in [0.5, 0.6) is 5.75 Å². The zero-order chi connectivity index (χ0) is 22.5. The molecule has 162 valence electrons. The maximum absolute atomic E-state index is 12.9. The summed E-state index contributed by atoms with van der Waals surface area (Å²) in [6, 6.07) is 28.0. The molecule has 0 fully saturated rings. The van der Waals surface area contributed by atoms with Gasteiger partial charge in [0.2, 0.25) is 0 Å². The number of hydrogen-bond donors (Lipinski definition) is 0. The van der Waals surface area contributed by atoms with Gasteiger partial charge in [-0.25, -0.2) is 0 Å². The lowest BCUT2D eigenvalue weighted by Crippen LogP contribution is -2.21. The first-order valence-electron chi connectivity index (χ1n) is 11.2. The van der Waals surface area contributed by atoms with E-state index in [2.05, 4.69) is 43.9 Å². The number of anilines is 1. The molecule has 0 aliphatic carbocycles. The molecule has 3 nitrogen and oxygen atoms in total. The molecule has 0 aromatic heterocycles. The predicted molar refractivity (Wildman–Crippen MR) is 133 cm³/mol. The molecule has 0 aliphatic rings. The summed E-state index contributed by atoms with van der Waals surface area (Å²) in [7, 11) is 0. The van der Waals surface area contributed by atoms with Gasteiger partial charge in [-0.3, -0.25) is 4.79 Å². The Hall–Kier alpha value is -3.59. The summed E-state index contributed by atoms with van der Waals surface area (Å²) in [4.78, 5) is 15.1. The van der Waals surface area contributed by atoms with Gasteiger partial charge < -0.3 is 9.64 Å². The van der Waals surface area contributed by atoms with Crippen LogP contribution in [0.1, 0.15) is 40.9 Å². The number of rotatable bonds is 8. The number of ketones is 1. The van der Waals surface area contributed by atoms with Gasteiger partial charge in [0.15, 0.2) is 5.78 Å². The second-order valence-electron chi connectivity index (χ2n) is 7.94. The topological polar surface area (TPSA) is 29.5 Å². The van der Waals surface area contributed by atoms with E-state index in [1.54, 1.807) is 0 Å². The summed E-state index contributed by atoms with van der Waals surface area (Å²) in [5, 5.41) is 2.42. The lowest BCUT2D eigenvalue weighted by molar-refractivity contribution is 0.103. The second kappa shape index (κ2) is 9.69. The zero-order valence-corrected chi connectivity index (χ0v) is 19.0. The van der Waals surface area contributed by atoms with E-state index >= 15 is 0 Å². The molecule has 0 radical (unpaired) electrons. The molecule has 0 heterocycles. The van der Waals surface area contributed by atoms with Crippen molar-refractivity contribution in [1.82, 2.24) is 0 Å². The van der Waals surface area contributed by atoms with Gasteiger partial charge in [-0.2, -0.15) is 0 Å². The van der Waals surface area contributed by atoms with Crippen LogP contribution in [-0.4, -0.2) is 18.9 Å². The summed E-state index contributed by atoms with van der Waals surface area (Å²) < 4.78 is 6.08. The SMILES string of the molecule is CCN(CC)c1ccc(C(=O)c2ccc(COc3ccc4ccccc4c3C)cc2)cc1. The van der Waals surface area contributed by atoms with Gasteiger partial charge >= 0.3 is 0 Å². The Morgan fingerprint density at radius 2 is 1.41 bits per heavy atom. The minimum absolute atomic E-state index is 0.0361. The molecule has 0 amide bonds. The van der Waals surface area contributed by atoms with Crippen molar-refractivity contribution in [3.8, 4) is 5.75 Å². The van der Waals surface area contributed by atoms with Gasteiger partial charge in [0.25, 0.3) is 0 Å². The molecule has 0 spiro atoms. The summed E-state index contributed by atoms with van der Waals surface area (Å²) in [6.07, 6.45) is 0. The summed E-state index contributed by atoms with van der Waals surface area (Å²) in [6.45, 7) is 8.72. The van der Waals surface area contributed by atoms with Crippen molar-refractivity contribution in [2.45, 2.75) is 27.4 Å². The third kappa shape index (κ3) is 4.52. The summed E-state index contributed by atoms with van der Waals surface area (Å²) in [5.41, 5.74) is 4.71. The van der Waals surface area contributed by atoms with Gasteiger partial charge in [-0.05, 0) is 73.0 Å². The number of carbonyl (C=O) groups is 1. The summed E-state index contributed by atoms with van der Waals surface area (Å²) in [5.74, 6) is 0.922. The molecule has 0 bridgehead atoms. The Morgan fingerprint density at radius 1 is 0.781 bits per heavy atom. The Balaban J connectivity index is 1.43. The fourth-order valence-corrected chi connectivity index (χ4v) is 4.06. The van der Waals surface area contributed by atoms with Crippen LogP contribution < -0.4 is 9.64 Å². The number of carbonyl (C=O) groups excluding carboxylic acids is 1. The summed E-state index contributed by atoms with van der Waals surface area (Å²) >= 11 is 0. The number of hydrogen-bond acceptors (Lipinski definition) is 3. The van der Waals surface area contributed by atoms with Crippen molar-refractivity contribution < 1.29 is 9.53 Å². The molecule has 0 unspecified atom stereocenters. The Labute approximate surface area is 190 Å². The molecule has 0 saturated carbocycles. The van der Waals surface area contributed by atoms with E-state index in [1.807, 2.05) is 66.7 Å². The third-order valence-electron chi connectivity index (χ3n) is 6.02. The number of nitrogens with zero attached hydrogens (tertiary/aromatic N) is 1. The fourth-order valence-electron chi connectivity index (χ4n) is 4.06. The van der Waals surface area contributed by atoms with E-state index in [1.165, 1.54) is 10.8 Å². The maximum atomic E-state index is 12.9. The van der Waals surface area contributed by atoms with Crippen LogP contribution in [0.2, 0.25) is 0 Å². The van der Waals surface area contributed by atoms with Crippen molar-refractivity contribution in [3.05, 3.63) is 107 Å². The van der Waals surface area contributed by atoms with Crippen molar-refractivity contribution >= 4 is 22.2 Å². The minimum atomic E-state index is 0.0361. The highest BCUT2D eigenvalue weighted by Crippen LogP contribution is 2.27. The molecule has 4 aromatic carbocycles. The Bertz CT molecular complexity index is 1210. The highest BCUT2D eigenvalue weighted by molar-refractivity contribution is 6.09. The van der Waals surface area contributed by atoms with Gasteiger partial charge in [0, 0.05) is 29.9 Å². The van der Waals surface area contributed by atoms with Crippen LogP contribution in [0.4, 0.5) is 5.69 Å². The third-order valence-corrected chi connectivity index (χ3v) is 6.02. The lowest BCUT2D eigenvalue weighted by atomic mass is 10.0. The Morgan fingerprint density at radius 3 is 2.06 bits per heavy atom. The van der Waals surface area contributed by atoms with E-state index < -0.39 is 0 Å². The lowest BCUT2D eigenvalue weighted by Gasteiger charge is -2.21. The van der Waals surface area contributed by atoms with E-state index in [9.17, 15) is 4.79 Å². The highest BCUT2D eigenvalue weighted by atomic mass is 16.5. The molecule has 0 aliphatic heterocycles. The van der Waals surface area contributed by atoms with Crippen molar-refractivity contribution in [2.75, 3.05) is 18.0 Å². The van der Waals surface area contributed by atoms with Gasteiger partial charge in [-0.1, -0.05) is 54.6 Å². The first kappa shape index (κ1) is 21.6. The number of fused-ring (bicyclic) bond motifs is 1. The fraction of sp³-hybridized carbons (Fsp3) is 0.207. The molecule has 0 N–H and O–H groups in total. The molecule has 3 heteroatoms. The average molecular weight is 424 g/mol. The molecular formula is C29H29NO2.